The zero-order valence-corrected chi connectivity index (χ0v) is 7.44. The molecule has 58 valence electrons. The smallest absolute Gasteiger partial charge is 0.0256 e. The quantitative estimate of drug-likeness (QED) is 0.532. The van der Waals surface area contributed by atoms with Crippen LogP contribution in [0.3, 0.4) is 0 Å². The first-order valence-electron chi connectivity index (χ1n) is 3.83. The first-order valence-corrected chi connectivity index (χ1v) is 3.83. The van der Waals surface area contributed by atoms with E-state index in [-0.39, 0.29) is 0 Å². The van der Waals surface area contributed by atoms with Gasteiger partial charge in [0, 0.05) is 11.9 Å². The van der Waals surface area contributed by atoms with Gasteiger partial charge in [0.2, 0.25) is 0 Å². The number of hydrogen-bond acceptors (Lipinski definition) is 1. The molecule has 0 bridgehead atoms. The second-order valence-corrected chi connectivity index (χ2v) is 2.80. The molecule has 10 heavy (non-hydrogen) atoms. The Morgan fingerprint density at radius 3 is 2.30 bits per heavy atom. The number of nitrogens with zero attached hydrogens (tertiary/aromatic N) is 1. The third-order valence-corrected chi connectivity index (χ3v) is 1.19. The third-order valence-electron chi connectivity index (χ3n) is 1.19. The highest BCUT2D eigenvalue weighted by atomic mass is 14.7. The molecule has 0 aromatic heterocycles. The summed E-state index contributed by atoms with van der Waals surface area (Å²) in [7, 11) is 0. The first kappa shape index (κ1) is 9.41. The fourth-order valence-corrected chi connectivity index (χ4v) is 0.698. The molecule has 0 aromatic rings. The monoisotopic (exact) mass is 139 g/mol. The Bertz CT molecular complexity index is 139. The maximum Gasteiger partial charge on any atom is 0.0256 e. The largest absolute Gasteiger partial charge is 0.266 e. The standard InChI is InChI=1S/C9H17N/c1-5-6-9(4)7-10-8(2)3/h7H,5-6H2,1-4H3/b9-7+. The molecule has 0 rings (SSSR count). The van der Waals surface area contributed by atoms with Crippen molar-refractivity contribution in [3.63, 3.8) is 0 Å². The SMILES string of the molecule is CCC/C(C)=C/N=C(C)C. The van der Waals surface area contributed by atoms with Crippen LogP contribution in [-0.4, -0.2) is 5.71 Å². The summed E-state index contributed by atoms with van der Waals surface area (Å²) in [6.07, 6.45) is 4.33. The normalized spacial score (nSPS) is 11.4. The molecule has 0 amide bonds. The summed E-state index contributed by atoms with van der Waals surface area (Å²) in [5, 5.41) is 0. The van der Waals surface area contributed by atoms with Gasteiger partial charge in [-0.25, -0.2) is 0 Å². The second kappa shape index (κ2) is 5.21. The van der Waals surface area contributed by atoms with Crippen molar-refractivity contribution in [3.8, 4) is 0 Å². The van der Waals surface area contributed by atoms with Crippen molar-refractivity contribution in [1.29, 1.82) is 0 Å². The lowest BCUT2D eigenvalue weighted by Crippen LogP contribution is -1.78. The molecule has 0 heterocycles. The molecule has 1 heteroatoms. The Morgan fingerprint density at radius 1 is 1.30 bits per heavy atom. The molecule has 0 aliphatic heterocycles. The Kier molecular flexibility index (Phi) is 4.91. The Balaban J connectivity index is 3.79. The van der Waals surface area contributed by atoms with Gasteiger partial charge in [0.25, 0.3) is 0 Å². The van der Waals surface area contributed by atoms with Crippen molar-refractivity contribution >= 4 is 5.71 Å². The summed E-state index contributed by atoms with van der Waals surface area (Å²) in [6, 6.07) is 0. The van der Waals surface area contributed by atoms with E-state index in [0.717, 1.165) is 12.1 Å². The lowest BCUT2D eigenvalue weighted by atomic mass is 10.2. The fraction of sp³-hybridized carbons (Fsp3) is 0.667. The van der Waals surface area contributed by atoms with Crippen molar-refractivity contribution in [2.45, 2.75) is 40.5 Å². The van der Waals surface area contributed by atoms with Crippen LogP contribution < -0.4 is 0 Å². The van der Waals surface area contributed by atoms with Crippen LogP contribution >= 0.6 is 0 Å². The highest BCUT2D eigenvalue weighted by Gasteiger charge is 1.83. The summed E-state index contributed by atoms with van der Waals surface area (Å²) in [6.45, 7) is 8.32. The van der Waals surface area contributed by atoms with E-state index in [9.17, 15) is 0 Å². The minimum atomic E-state index is 1.12. The first-order chi connectivity index (χ1) is 4.66. The van der Waals surface area contributed by atoms with Gasteiger partial charge in [0.05, 0.1) is 0 Å². The van der Waals surface area contributed by atoms with E-state index in [4.69, 9.17) is 0 Å². The zero-order chi connectivity index (χ0) is 7.98. The second-order valence-electron chi connectivity index (χ2n) is 2.80. The van der Waals surface area contributed by atoms with Crippen molar-refractivity contribution < 1.29 is 0 Å². The van der Waals surface area contributed by atoms with Crippen molar-refractivity contribution in [2.24, 2.45) is 4.99 Å². The molecule has 0 aromatic carbocycles. The molecular weight excluding hydrogens is 122 g/mol. The summed E-state index contributed by atoms with van der Waals surface area (Å²) < 4.78 is 0. The van der Waals surface area contributed by atoms with Crippen LogP contribution in [0.15, 0.2) is 16.8 Å². The summed E-state index contributed by atoms with van der Waals surface area (Å²) in [5.74, 6) is 0. The van der Waals surface area contributed by atoms with Gasteiger partial charge in [0.15, 0.2) is 0 Å². The van der Waals surface area contributed by atoms with E-state index in [1.165, 1.54) is 12.0 Å². The van der Waals surface area contributed by atoms with Crippen LogP contribution in [0.25, 0.3) is 0 Å². The van der Waals surface area contributed by atoms with Gasteiger partial charge in [0.1, 0.15) is 0 Å². The van der Waals surface area contributed by atoms with Crippen LogP contribution in [-0.2, 0) is 0 Å². The molecular formula is C9H17N. The number of aliphatic imine (C=N–C) groups is 1. The maximum absolute atomic E-state index is 4.20. The average molecular weight is 139 g/mol. The van der Waals surface area contributed by atoms with E-state index >= 15 is 0 Å². The molecule has 1 nitrogen and oxygen atoms in total. The van der Waals surface area contributed by atoms with E-state index in [1.807, 2.05) is 20.0 Å². The van der Waals surface area contributed by atoms with E-state index in [2.05, 4.69) is 18.8 Å². The van der Waals surface area contributed by atoms with Gasteiger partial charge >= 0.3 is 0 Å². The van der Waals surface area contributed by atoms with E-state index in [0.29, 0.717) is 0 Å². The van der Waals surface area contributed by atoms with Gasteiger partial charge in [-0.05, 0) is 27.2 Å². The summed E-state index contributed by atoms with van der Waals surface area (Å²) in [4.78, 5) is 4.20. The van der Waals surface area contributed by atoms with Crippen molar-refractivity contribution in [2.75, 3.05) is 0 Å². The van der Waals surface area contributed by atoms with Gasteiger partial charge in [-0.1, -0.05) is 18.9 Å². The van der Waals surface area contributed by atoms with Gasteiger partial charge in [-0.15, -0.1) is 0 Å². The van der Waals surface area contributed by atoms with Gasteiger partial charge in [-0.2, -0.15) is 0 Å². The van der Waals surface area contributed by atoms with E-state index < -0.39 is 0 Å². The van der Waals surface area contributed by atoms with Crippen LogP contribution in [0.5, 0.6) is 0 Å². The Morgan fingerprint density at radius 2 is 1.90 bits per heavy atom. The maximum atomic E-state index is 4.20. The molecule has 0 saturated carbocycles. The molecule has 0 fully saturated rings. The molecule has 0 aliphatic carbocycles. The van der Waals surface area contributed by atoms with Crippen LogP contribution in [0, 0.1) is 0 Å². The van der Waals surface area contributed by atoms with Crippen LogP contribution in [0.1, 0.15) is 40.5 Å². The minimum Gasteiger partial charge on any atom is -0.266 e. The molecule has 0 radical (unpaired) electrons. The van der Waals surface area contributed by atoms with Gasteiger partial charge in [-0.3, -0.25) is 4.99 Å². The van der Waals surface area contributed by atoms with Crippen LogP contribution in [0.2, 0.25) is 0 Å². The lowest BCUT2D eigenvalue weighted by Gasteiger charge is -1.93. The highest BCUT2D eigenvalue weighted by Crippen LogP contribution is 2.02. The Hall–Kier alpha value is -0.590. The molecule has 0 unspecified atom stereocenters. The predicted octanol–water partition coefficient (Wildman–Crippen LogP) is 3.17. The summed E-state index contributed by atoms with van der Waals surface area (Å²) in [5.41, 5.74) is 2.49. The highest BCUT2D eigenvalue weighted by molar-refractivity contribution is 5.79. The van der Waals surface area contributed by atoms with Crippen molar-refractivity contribution in [3.05, 3.63) is 11.8 Å². The molecule has 0 atom stereocenters. The molecule has 0 N–H and O–H groups in total. The third kappa shape index (κ3) is 5.54. The number of rotatable bonds is 3. The average Bonchev–Trinajstić information content (AvgIpc) is 1.85. The number of hydrogen-bond donors (Lipinski definition) is 0. The van der Waals surface area contributed by atoms with Gasteiger partial charge < -0.3 is 0 Å². The Labute approximate surface area is 63.9 Å². The minimum absolute atomic E-state index is 1.12. The zero-order valence-electron chi connectivity index (χ0n) is 7.44. The summed E-state index contributed by atoms with van der Waals surface area (Å²) >= 11 is 0. The van der Waals surface area contributed by atoms with Crippen molar-refractivity contribution in [1.82, 2.24) is 0 Å². The lowest BCUT2D eigenvalue weighted by molar-refractivity contribution is 0.901. The number of allylic oxidation sites excluding steroid dienone is 1. The fourth-order valence-electron chi connectivity index (χ4n) is 0.698. The predicted molar refractivity (Wildman–Crippen MR) is 47.4 cm³/mol. The molecule has 0 spiro atoms. The topological polar surface area (TPSA) is 12.4 Å². The van der Waals surface area contributed by atoms with Crippen LogP contribution in [0.4, 0.5) is 0 Å². The van der Waals surface area contributed by atoms with E-state index in [1.54, 1.807) is 0 Å². The molecule has 0 saturated heterocycles. The molecule has 0 aliphatic rings.